The van der Waals surface area contributed by atoms with Crippen molar-refractivity contribution in [2.75, 3.05) is 26.3 Å². The van der Waals surface area contributed by atoms with Crippen LogP contribution < -0.4 is 10.0 Å². The summed E-state index contributed by atoms with van der Waals surface area (Å²) in [6.45, 7) is 8.05. The van der Waals surface area contributed by atoms with Crippen LogP contribution in [0.15, 0.2) is 4.90 Å². The molecule has 0 atom stereocenters. The number of H-pyrrole nitrogens is 1. The minimum absolute atomic E-state index is 0.234. The lowest BCUT2D eigenvalue weighted by Crippen LogP contribution is -2.29. The van der Waals surface area contributed by atoms with E-state index in [1.54, 1.807) is 6.92 Å². The summed E-state index contributed by atoms with van der Waals surface area (Å²) in [5.74, 6) is 0. The molecule has 0 bridgehead atoms. The predicted molar refractivity (Wildman–Crippen MR) is 77.0 cm³/mol. The Morgan fingerprint density at radius 3 is 2.70 bits per heavy atom. The van der Waals surface area contributed by atoms with E-state index in [0.29, 0.717) is 31.1 Å². The second kappa shape index (κ2) is 8.35. The van der Waals surface area contributed by atoms with Crippen molar-refractivity contribution in [2.24, 2.45) is 0 Å². The van der Waals surface area contributed by atoms with Crippen molar-refractivity contribution in [3.05, 3.63) is 11.4 Å². The van der Waals surface area contributed by atoms with Crippen molar-refractivity contribution >= 4 is 10.0 Å². The number of hydrogen-bond acceptors (Lipinski definition) is 5. The van der Waals surface area contributed by atoms with E-state index in [9.17, 15) is 8.42 Å². The van der Waals surface area contributed by atoms with Crippen LogP contribution in [0.2, 0.25) is 0 Å². The quantitative estimate of drug-likeness (QED) is 0.548. The van der Waals surface area contributed by atoms with Crippen molar-refractivity contribution in [3.63, 3.8) is 0 Å². The molecule has 0 amide bonds. The lowest BCUT2D eigenvalue weighted by Gasteiger charge is -2.08. The lowest BCUT2D eigenvalue weighted by atomic mass is 10.3. The van der Waals surface area contributed by atoms with Gasteiger partial charge in [0.2, 0.25) is 10.0 Å². The molecule has 0 aliphatic rings. The number of hydrogen-bond donors (Lipinski definition) is 3. The molecular weight excluding hydrogens is 280 g/mol. The molecule has 0 unspecified atom stereocenters. The van der Waals surface area contributed by atoms with Gasteiger partial charge in [0.15, 0.2) is 0 Å². The lowest BCUT2D eigenvalue weighted by molar-refractivity contribution is 0.153. The predicted octanol–water partition coefficient (Wildman–Crippen LogP) is 0.533. The Kier molecular flexibility index (Phi) is 7.14. The fourth-order valence-electron chi connectivity index (χ4n) is 1.79. The topological polar surface area (TPSA) is 96.1 Å². The zero-order chi connectivity index (χ0) is 15.0. The van der Waals surface area contributed by atoms with E-state index in [0.717, 1.165) is 13.0 Å². The van der Waals surface area contributed by atoms with Crippen molar-refractivity contribution in [1.82, 2.24) is 20.2 Å². The van der Waals surface area contributed by atoms with Crippen LogP contribution in [0.5, 0.6) is 0 Å². The monoisotopic (exact) mass is 304 g/mol. The highest BCUT2D eigenvalue weighted by atomic mass is 32.2. The van der Waals surface area contributed by atoms with Gasteiger partial charge in [-0.15, -0.1) is 0 Å². The van der Waals surface area contributed by atoms with Crippen LogP contribution in [0.25, 0.3) is 0 Å². The number of nitrogens with zero attached hydrogens (tertiary/aromatic N) is 1. The molecule has 116 valence electrons. The van der Waals surface area contributed by atoms with Gasteiger partial charge in [-0.1, -0.05) is 6.92 Å². The standard InChI is InChI=1S/C12H24N4O3S/c1-4-6-13-9-11-12(10(3)15-16-11)20(17,18)14-7-8-19-5-2/h13-14H,4-9H2,1-3H3,(H,15,16). The summed E-state index contributed by atoms with van der Waals surface area (Å²) >= 11 is 0. The molecule has 0 aromatic carbocycles. The van der Waals surface area contributed by atoms with Gasteiger partial charge >= 0.3 is 0 Å². The number of aryl methyl sites for hydroxylation is 1. The molecule has 1 rings (SSSR count). The van der Waals surface area contributed by atoms with E-state index >= 15 is 0 Å². The summed E-state index contributed by atoms with van der Waals surface area (Å²) < 4.78 is 32.2. The van der Waals surface area contributed by atoms with Gasteiger partial charge in [-0.3, -0.25) is 5.10 Å². The molecule has 1 aromatic rings. The summed E-state index contributed by atoms with van der Waals surface area (Å²) in [7, 11) is -3.56. The van der Waals surface area contributed by atoms with Gasteiger partial charge < -0.3 is 10.1 Å². The van der Waals surface area contributed by atoms with Crippen LogP contribution >= 0.6 is 0 Å². The Morgan fingerprint density at radius 1 is 1.30 bits per heavy atom. The van der Waals surface area contributed by atoms with Crippen molar-refractivity contribution < 1.29 is 13.2 Å². The Balaban J connectivity index is 2.74. The molecule has 7 nitrogen and oxygen atoms in total. The number of aromatic nitrogens is 2. The summed E-state index contributed by atoms with van der Waals surface area (Å²) in [5, 5.41) is 9.95. The highest BCUT2D eigenvalue weighted by Crippen LogP contribution is 2.17. The van der Waals surface area contributed by atoms with Crippen LogP contribution in [0.4, 0.5) is 0 Å². The average molecular weight is 304 g/mol. The summed E-state index contributed by atoms with van der Waals surface area (Å²) in [6.07, 6.45) is 0.984. The zero-order valence-corrected chi connectivity index (χ0v) is 13.1. The third-order valence-electron chi connectivity index (χ3n) is 2.69. The van der Waals surface area contributed by atoms with E-state index in [1.165, 1.54) is 0 Å². The maximum atomic E-state index is 12.3. The fourth-order valence-corrected chi connectivity index (χ4v) is 3.17. The van der Waals surface area contributed by atoms with E-state index < -0.39 is 10.0 Å². The van der Waals surface area contributed by atoms with Gasteiger partial charge in [0, 0.05) is 19.7 Å². The Morgan fingerprint density at radius 2 is 2.05 bits per heavy atom. The average Bonchev–Trinajstić information content (AvgIpc) is 2.77. The Bertz CT molecular complexity index is 499. The van der Waals surface area contributed by atoms with Crippen molar-refractivity contribution in [2.45, 2.75) is 38.6 Å². The van der Waals surface area contributed by atoms with E-state index in [2.05, 4.69) is 27.2 Å². The zero-order valence-electron chi connectivity index (χ0n) is 12.3. The van der Waals surface area contributed by atoms with Crippen LogP contribution in [-0.2, 0) is 21.3 Å². The number of aromatic amines is 1. The molecule has 3 N–H and O–H groups in total. The second-order valence-corrected chi connectivity index (χ2v) is 6.10. The molecule has 0 aliphatic heterocycles. The number of ether oxygens (including phenoxy) is 1. The van der Waals surface area contributed by atoms with Crippen LogP contribution in [-0.4, -0.2) is 44.9 Å². The van der Waals surface area contributed by atoms with Gasteiger partial charge in [0.25, 0.3) is 0 Å². The largest absolute Gasteiger partial charge is 0.380 e. The molecule has 0 saturated carbocycles. The highest BCUT2D eigenvalue weighted by Gasteiger charge is 2.23. The van der Waals surface area contributed by atoms with Gasteiger partial charge in [-0.25, -0.2) is 13.1 Å². The molecule has 0 fully saturated rings. The maximum Gasteiger partial charge on any atom is 0.244 e. The molecule has 0 radical (unpaired) electrons. The molecule has 0 aliphatic carbocycles. The van der Waals surface area contributed by atoms with Crippen LogP contribution in [0.3, 0.4) is 0 Å². The van der Waals surface area contributed by atoms with Crippen molar-refractivity contribution in [3.8, 4) is 0 Å². The van der Waals surface area contributed by atoms with E-state index in [-0.39, 0.29) is 11.4 Å². The van der Waals surface area contributed by atoms with Crippen LogP contribution in [0.1, 0.15) is 31.7 Å². The normalized spacial score (nSPS) is 11.9. The Hall–Kier alpha value is -0.960. The smallest absolute Gasteiger partial charge is 0.244 e. The van der Waals surface area contributed by atoms with Gasteiger partial charge in [-0.2, -0.15) is 5.10 Å². The fraction of sp³-hybridized carbons (Fsp3) is 0.750. The first-order valence-electron chi connectivity index (χ1n) is 6.84. The molecular formula is C12H24N4O3S. The Labute approximate surface area is 120 Å². The molecule has 8 heteroatoms. The minimum Gasteiger partial charge on any atom is -0.380 e. The first-order chi connectivity index (χ1) is 9.53. The summed E-state index contributed by atoms with van der Waals surface area (Å²) in [6, 6.07) is 0. The molecule has 1 heterocycles. The SMILES string of the molecule is CCCNCc1n[nH]c(C)c1S(=O)(=O)NCCOCC. The van der Waals surface area contributed by atoms with Gasteiger partial charge in [0.05, 0.1) is 18.0 Å². The summed E-state index contributed by atoms with van der Waals surface area (Å²) in [5.41, 5.74) is 1.06. The number of sulfonamides is 1. The van der Waals surface area contributed by atoms with E-state index in [1.807, 2.05) is 6.92 Å². The van der Waals surface area contributed by atoms with E-state index in [4.69, 9.17) is 4.74 Å². The van der Waals surface area contributed by atoms with Crippen LogP contribution in [0, 0.1) is 6.92 Å². The third-order valence-corrected chi connectivity index (χ3v) is 4.36. The molecule has 0 saturated heterocycles. The first kappa shape index (κ1) is 17.1. The third kappa shape index (κ3) is 4.86. The maximum absolute atomic E-state index is 12.3. The number of rotatable bonds is 10. The van der Waals surface area contributed by atoms with Gasteiger partial charge in [-0.05, 0) is 26.8 Å². The molecule has 1 aromatic heterocycles. The second-order valence-electron chi connectivity index (χ2n) is 4.40. The van der Waals surface area contributed by atoms with Crippen molar-refractivity contribution in [1.29, 1.82) is 0 Å². The van der Waals surface area contributed by atoms with Gasteiger partial charge in [0.1, 0.15) is 4.90 Å². The number of nitrogens with one attached hydrogen (secondary N) is 3. The molecule has 0 spiro atoms. The minimum atomic E-state index is -3.56. The first-order valence-corrected chi connectivity index (χ1v) is 8.33. The molecule has 20 heavy (non-hydrogen) atoms. The summed E-state index contributed by atoms with van der Waals surface area (Å²) in [4.78, 5) is 0.234. The highest BCUT2D eigenvalue weighted by molar-refractivity contribution is 7.89.